The second kappa shape index (κ2) is 10.6. The first-order valence-electron chi connectivity index (χ1n) is 13.0. The molecule has 5 rings (SSSR count). The van der Waals surface area contributed by atoms with Gasteiger partial charge in [-0.1, -0.05) is 84.9 Å². The number of hydrogen-bond acceptors (Lipinski definition) is 4. The highest BCUT2D eigenvalue weighted by Gasteiger charge is 2.43. The van der Waals surface area contributed by atoms with Gasteiger partial charge < -0.3 is 20.9 Å². The fraction of sp³-hybridized carbons (Fsp3) is 0.143. The van der Waals surface area contributed by atoms with Gasteiger partial charge in [0, 0.05) is 34.6 Å². The Morgan fingerprint density at radius 1 is 0.513 bits per heavy atom. The Morgan fingerprint density at radius 2 is 0.923 bits per heavy atom. The molecule has 0 aliphatic carbocycles. The van der Waals surface area contributed by atoms with Crippen molar-refractivity contribution in [3.8, 4) is 22.6 Å². The second-order valence-electron chi connectivity index (χ2n) is 9.88. The standard InChI is InChI=1S/C35H34N2O2/c1-23-19-29(33(38-3)21-31(23)36)35(27-13-9-6-10-14-27,30-20-24(2)32(37)22-34(30)39-4)28-17-15-26(16-18-28)25-11-7-5-8-12-25/h5-22H,36-37H2,1-4H3. The van der Waals surface area contributed by atoms with Crippen LogP contribution in [-0.4, -0.2) is 14.2 Å². The van der Waals surface area contributed by atoms with Crippen LogP contribution >= 0.6 is 0 Å². The normalized spacial score (nSPS) is 11.3. The van der Waals surface area contributed by atoms with E-state index in [1.54, 1.807) is 14.2 Å². The molecule has 0 aliphatic rings. The van der Waals surface area contributed by atoms with Gasteiger partial charge in [0.1, 0.15) is 11.5 Å². The maximum Gasteiger partial charge on any atom is 0.125 e. The smallest absolute Gasteiger partial charge is 0.125 e. The van der Waals surface area contributed by atoms with Crippen LogP contribution in [0.1, 0.15) is 33.4 Å². The van der Waals surface area contributed by atoms with Gasteiger partial charge in [0.15, 0.2) is 0 Å². The van der Waals surface area contributed by atoms with Gasteiger partial charge in [-0.15, -0.1) is 0 Å². The maximum absolute atomic E-state index is 6.39. The van der Waals surface area contributed by atoms with Crippen LogP contribution in [0.3, 0.4) is 0 Å². The number of anilines is 2. The molecule has 0 amide bonds. The summed E-state index contributed by atoms with van der Waals surface area (Å²) in [5, 5.41) is 0. The Bertz CT molecular complexity index is 1530. The molecule has 39 heavy (non-hydrogen) atoms. The summed E-state index contributed by atoms with van der Waals surface area (Å²) in [5.41, 5.74) is 21.7. The zero-order chi connectivity index (χ0) is 27.6. The molecular weight excluding hydrogens is 480 g/mol. The number of nitrogens with two attached hydrogens (primary N) is 2. The lowest BCUT2D eigenvalue weighted by Crippen LogP contribution is -2.32. The van der Waals surface area contributed by atoms with Crippen LogP contribution in [0.5, 0.6) is 11.5 Å². The zero-order valence-electron chi connectivity index (χ0n) is 22.9. The molecule has 0 aromatic heterocycles. The lowest BCUT2D eigenvalue weighted by atomic mass is 9.64. The van der Waals surface area contributed by atoms with Crippen LogP contribution in [-0.2, 0) is 5.41 Å². The molecular formula is C35H34N2O2. The van der Waals surface area contributed by atoms with Gasteiger partial charge in [0.25, 0.3) is 0 Å². The van der Waals surface area contributed by atoms with Crippen molar-refractivity contribution in [1.82, 2.24) is 0 Å². The SMILES string of the molecule is COc1cc(N)c(C)cc1C(c1ccccc1)(c1ccc(-c2ccccc2)cc1)c1cc(C)c(N)cc1OC. The summed E-state index contributed by atoms with van der Waals surface area (Å²) < 4.78 is 12.1. The zero-order valence-corrected chi connectivity index (χ0v) is 22.9. The number of ether oxygens (including phenoxy) is 2. The van der Waals surface area contributed by atoms with E-state index in [2.05, 4.69) is 84.9 Å². The number of nitrogen functional groups attached to an aromatic ring is 2. The van der Waals surface area contributed by atoms with Crippen molar-refractivity contribution in [2.75, 3.05) is 25.7 Å². The molecule has 0 bridgehead atoms. The van der Waals surface area contributed by atoms with Crippen molar-refractivity contribution in [3.05, 3.63) is 143 Å². The van der Waals surface area contributed by atoms with E-state index in [4.69, 9.17) is 20.9 Å². The Balaban J connectivity index is 1.94. The van der Waals surface area contributed by atoms with Gasteiger partial charge in [0.05, 0.1) is 19.6 Å². The van der Waals surface area contributed by atoms with E-state index in [1.807, 2.05) is 38.1 Å². The van der Waals surface area contributed by atoms with Crippen LogP contribution in [0.4, 0.5) is 11.4 Å². The molecule has 0 aliphatic heterocycles. The third-order valence-electron chi connectivity index (χ3n) is 7.62. The van der Waals surface area contributed by atoms with Crippen LogP contribution in [0.15, 0.2) is 109 Å². The van der Waals surface area contributed by atoms with E-state index < -0.39 is 5.41 Å². The predicted octanol–water partition coefficient (Wildman–Crippen LogP) is 7.53. The molecule has 196 valence electrons. The Hall–Kier alpha value is -4.70. The van der Waals surface area contributed by atoms with Gasteiger partial charge >= 0.3 is 0 Å². The number of hydrogen-bond donors (Lipinski definition) is 2. The number of aryl methyl sites for hydroxylation is 2. The largest absolute Gasteiger partial charge is 0.496 e. The van der Waals surface area contributed by atoms with E-state index in [0.29, 0.717) is 22.9 Å². The topological polar surface area (TPSA) is 70.5 Å². The quantitative estimate of drug-likeness (QED) is 0.174. The van der Waals surface area contributed by atoms with E-state index in [0.717, 1.165) is 44.5 Å². The summed E-state index contributed by atoms with van der Waals surface area (Å²) >= 11 is 0. The molecule has 0 fully saturated rings. The van der Waals surface area contributed by atoms with E-state index >= 15 is 0 Å². The summed E-state index contributed by atoms with van der Waals surface area (Å²) in [6.07, 6.45) is 0. The average Bonchev–Trinajstić information content (AvgIpc) is 2.98. The minimum absolute atomic E-state index is 0.678. The molecule has 0 atom stereocenters. The van der Waals surface area contributed by atoms with Crippen LogP contribution in [0.25, 0.3) is 11.1 Å². The molecule has 0 spiro atoms. The fourth-order valence-corrected chi connectivity index (χ4v) is 5.50. The molecule has 5 aromatic rings. The second-order valence-corrected chi connectivity index (χ2v) is 9.88. The Labute approximate surface area is 230 Å². The first-order chi connectivity index (χ1) is 18.9. The molecule has 4 N–H and O–H groups in total. The summed E-state index contributed by atoms with van der Waals surface area (Å²) in [6, 6.07) is 37.7. The minimum atomic E-state index is -0.802. The van der Waals surface area contributed by atoms with Gasteiger partial charge in [-0.2, -0.15) is 0 Å². The highest BCUT2D eigenvalue weighted by Crippen LogP contribution is 2.52. The summed E-state index contributed by atoms with van der Waals surface area (Å²) in [7, 11) is 3.38. The van der Waals surface area contributed by atoms with Crippen LogP contribution < -0.4 is 20.9 Å². The maximum atomic E-state index is 6.39. The molecule has 0 saturated heterocycles. The molecule has 4 nitrogen and oxygen atoms in total. The third kappa shape index (κ3) is 4.48. The summed E-state index contributed by atoms with van der Waals surface area (Å²) in [6.45, 7) is 4.05. The van der Waals surface area contributed by atoms with Crippen molar-refractivity contribution >= 4 is 11.4 Å². The molecule has 0 saturated carbocycles. The monoisotopic (exact) mass is 514 g/mol. The first-order valence-corrected chi connectivity index (χ1v) is 13.0. The van der Waals surface area contributed by atoms with Crippen molar-refractivity contribution in [1.29, 1.82) is 0 Å². The van der Waals surface area contributed by atoms with Crippen molar-refractivity contribution in [2.24, 2.45) is 0 Å². The fourth-order valence-electron chi connectivity index (χ4n) is 5.50. The number of rotatable bonds is 7. The van der Waals surface area contributed by atoms with Crippen molar-refractivity contribution in [3.63, 3.8) is 0 Å². The molecule has 0 radical (unpaired) electrons. The lowest BCUT2D eigenvalue weighted by Gasteiger charge is -2.39. The molecule has 5 aromatic carbocycles. The Morgan fingerprint density at radius 3 is 1.38 bits per heavy atom. The summed E-state index contributed by atoms with van der Waals surface area (Å²) in [5.74, 6) is 1.40. The van der Waals surface area contributed by atoms with E-state index in [1.165, 1.54) is 0 Å². The molecule has 0 unspecified atom stereocenters. The average molecular weight is 515 g/mol. The minimum Gasteiger partial charge on any atom is -0.496 e. The highest BCUT2D eigenvalue weighted by molar-refractivity contribution is 5.72. The van der Waals surface area contributed by atoms with E-state index in [-0.39, 0.29) is 0 Å². The summed E-state index contributed by atoms with van der Waals surface area (Å²) in [4.78, 5) is 0. The lowest BCUT2D eigenvalue weighted by molar-refractivity contribution is 0.395. The first kappa shape index (κ1) is 25.9. The predicted molar refractivity (Wildman–Crippen MR) is 162 cm³/mol. The third-order valence-corrected chi connectivity index (χ3v) is 7.62. The van der Waals surface area contributed by atoms with Crippen LogP contribution in [0.2, 0.25) is 0 Å². The van der Waals surface area contributed by atoms with Crippen molar-refractivity contribution in [2.45, 2.75) is 19.3 Å². The van der Waals surface area contributed by atoms with E-state index in [9.17, 15) is 0 Å². The van der Waals surface area contributed by atoms with Gasteiger partial charge in [-0.3, -0.25) is 0 Å². The van der Waals surface area contributed by atoms with Gasteiger partial charge in [-0.25, -0.2) is 0 Å². The number of methoxy groups -OCH3 is 2. The molecule has 4 heteroatoms. The van der Waals surface area contributed by atoms with Crippen LogP contribution in [0, 0.1) is 13.8 Å². The highest BCUT2D eigenvalue weighted by atomic mass is 16.5. The van der Waals surface area contributed by atoms with Gasteiger partial charge in [0.2, 0.25) is 0 Å². The molecule has 0 heterocycles. The number of benzene rings is 5. The Kier molecular flexibility index (Phi) is 7.03. The van der Waals surface area contributed by atoms with Crippen molar-refractivity contribution < 1.29 is 9.47 Å². The van der Waals surface area contributed by atoms with Gasteiger partial charge in [-0.05, 0) is 59.4 Å².